The normalized spacial score (nSPS) is 10.9. The SMILES string of the molecule is COCc1ccc(C(=O)NCCc2cc3ccc(C(=O)O)cc3o2)[nH]1. The summed E-state index contributed by atoms with van der Waals surface area (Å²) >= 11 is 0. The zero-order chi connectivity index (χ0) is 17.8. The summed E-state index contributed by atoms with van der Waals surface area (Å²) in [5.41, 5.74) is 2.01. The molecule has 3 N–H and O–H groups in total. The Balaban J connectivity index is 1.58. The number of hydrogen-bond acceptors (Lipinski definition) is 4. The van der Waals surface area contributed by atoms with Crippen molar-refractivity contribution in [2.75, 3.05) is 13.7 Å². The van der Waals surface area contributed by atoms with Crippen molar-refractivity contribution < 1.29 is 23.8 Å². The van der Waals surface area contributed by atoms with Gasteiger partial charge < -0.3 is 24.6 Å². The Morgan fingerprint density at radius 1 is 1.24 bits per heavy atom. The number of aromatic nitrogens is 1. The number of hydrogen-bond donors (Lipinski definition) is 3. The number of carboxylic acids is 1. The van der Waals surface area contributed by atoms with Gasteiger partial charge in [0, 0.05) is 31.2 Å². The Bertz CT molecular complexity index is 909. The van der Waals surface area contributed by atoms with Crippen LogP contribution in [0.5, 0.6) is 0 Å². The van der Waals surface area contributed by atoms with Crippen LogP contribution in [0.2, 0.25) is 0 Å². The van der Waals surface area contributed by atoms with Crippen molar-refractivity contribution in [1.82, 2.24) is 10.3 Å². The molecule has 7 nitrogen and oxygen atoms in total. The molecule has 0 unspecified atom stereocenters. The lowest BCUT2D eigenvalue weighted by molar-refractivity contribution is 0.0696. The first kappa shape index (κ1) is 16.8. The van der Waals surface area contributed by atoms with Crippen LogP contribution < -0.4 is 5.32 Å². The lowest BCUT2D eigenvalue weighted by Gasteiger charge is -2.02. The van der Waals surface area contributed by atoms with Gasteiger partial charge in [-0.3, -0.25) is 4.79 Å². The number of nitrogens with one attached hydrogen (secondary N) is 2. The van der Waals surface area contributed by atoms with E-state index in [4.69, 9.17) is 14.3 Å². The highest BCUT2D eigenvalue weighted by molar-refractivity contribution is 5.93. The molecule has 0 radical (unpaired) electrons. The molecule has 0 saturated heterocycles. The van der Waals surface area contributed by atoms with Gasteiger partial charge in [0.15, 0.2) is 0 Å². The fourth-order valence-corrected chi connectivity index (χ4v) is 2.55. The van der Waals surface area contributed by atoms with Crippen LogP contribution in [-0.4, -0.2) is 35.6 Å². The third-order valence-corrected chi connectivity index (χ3v) is 3.77. The predicted molar refractivity (Wildman–Crippen MR) is 90.7 cm³/mol. The van der Waals surface area contributed by atoms with E-state index in [0.717, 1.165) is 11.1 Å². The average molecular weight is 342 g/mol. The smallest absolute Gasteiger partial charge is 0.335 e. The number of furan rings is 1. The van der Waals surface area contributed by atoms with Gasteiger partial charge in [-0.2, -0.15) is 0 Å². The van der Waals surface area contributed by atoms with E-state index >= 15 is 0 Å². The Morgan fingerprint density at radius 3 is 2.84 bits per heavy atom. The van der Waals surface area contributed by atoms with Crippen molar-refractivity contribution >= 4 is 22.8 Å². The second-order valence-corrected chi connectivity index (χ2v) is 5.61. The van der Waals surface area contributed by atoms with Crippen molar-refractivity contribution in [3.05, 3.63) is 59.1 Å². The lowest BCUT2D eigenvalue weighted by atomic mass is 10.1. The van der Waals surface area contributed by atoms with Crippen LogP contribution in [0.1, 0.15) is 32.3 Å². The molecule has 0 fully saturated rings. The predicted octanol–water partition coefficient (Wildman–Crippen LogP) is 2.58. The summed E-state index contributed by atoms with van der Waals surface area (Å²) in [5, 5.41) is 12.6. The van der Waals surface area contributed by atoms with Crippen molar-refractivity contribution in [3.63, 3.8) is 0 Å². The van der Waals surface area contributed by atoms with Crippen LogP contribution in [-0.2, 0) is 17.8 Å². The van der Waals surface area contributed by atoms with Crippen LogP contribution in [0.15, 0.2) is 40.8 Å². The Labute approximate surface area is 143 Å². The highest BCUT2D eigenvalue weighted by atomic mass is 16.5. The van der Waals surface area contributed by atoms with Crippen LogP contribution in [0.25, 0.3) is 11.0 Å². The fraction of sp³-hybridized carbons (Fsp3) is 0.222. The molecule has 1 amide bonds. The summed E-state index contributed by atoms with van der Waals surface area (Å²) in [6.45, 7) is 0.827. The molecule has 1 aromatic carbocycles. The standard InChI is InChI=1S/C18H18N2O5/c1-24-10-13-4-5-15(20-13)17(21)19-7-6-14-8-11-2-3-12(18(22)23)9-16(11)25-14/h2-5,8-9,20H,6-7,10H2,1H3,(H,19,21)(H,22,23). The molecule has 130 valence electrons. The zero-order valence-electron chi connectivity index (χ0n) is 13.7. The summed E-state index contributed by atoms with van der Waals surface area (Å²) in [6.07, 6.45) is 0.508. The number of ether oxygens (including phenoxy) is 1. The maximum Gasteiger partial charge on any atom is 0.335 e. The minimum absolute atomic E-state index is 0.181. The van der Waals surface area contributed by atoms with E-state index in [1.165, 1.54) is 12.1 Å². The van der Waals surface area contributed by atoms with Crippen molar-refractivity contribution in [3.8, 4) is 0 Å². The highest BCUT2D eigenvalue weighted by Gasteiger charge is 2.10. The maximum absolute atomic E-state index is 12.1. The molecule has 0 atom stereocenters. The van der Waals surface area contributed by atoms with E-state index < -0.39 is 5.97 Å². The van der Waals surface area contributed by atoms with Gasteiger partial charge in [-0.1, -0.05) is 6.07 Å². The van der Waals surface area contributed by atoms with E-state index in [0.29, 0.717) is 36.6 Å². The third kappa shape index (κ3) is 3.89. The van der Waals surface area contributed by atoms with E-state index in [1.54, 1.807) is 25.3 Å². The molecule has 25 heavy (non-hydrogen) atoms. The van der Waals surface area contributed by atoms with Gasteiger partial charge in [0.1, 0.15) is 17.0 Å². The minimum atomic E-state index is -0.995. The number of fused-ring (bicyclic) bond motifs is 1. The molecule has 0 saturated carbocycles. The number of carboxylic acid groups (broad SMARTS) is 1. The number of rotatable bonds is 7. The molecule has 3 rings (SSSR count). The summed E-state index contributed by atoms with van der Waals surface area (Å²) in [6, 6.07) is 10.1. The Morgan fingerprint density at radius 2 is 2.08 bits per heavy atom. The summed E-state index contributed by atoms with van der Waals surface area (Å²) in [4.78, 5) is 26.0. The van der Waals surface area contributed by atoms with Crippen LogP contribution in [0.4, 0.5) is 0 Å². The first-order chi connectivity index (χ1) is 12.1. The van der Waals surface area contributed by atoms with Gasteiger partial charge in [-0.15, -0.1) is 0 Å². The number of aromatic carboxylic acids is 1. The van der Waals surface area contributed by atoms with E-state index in [-0.39, 0.29) is 11.5 Å². The number of carbonyl (C=O) groups excluding carboxylic acids is 1. The molecular formula is C18H18N2O5. The van der Waals surface area contributed by atoms with Crippen LogP contribution in [0, 0.1) is 0 Å². The highest BCUT2D eigenvalue weighted by Crippen LogP contribution is 2.21. The molecule has 3 aromatic rings. The number of benzene rings is 1. The number of methoxy groups -OCH3 is 1. The monoisotopic (exact) mass is 342 g/mol. The van der Waals surface area contributed by atoms with Gasteiger partial charge in [0.2, 0.25) is 0 Å². The van der Waals surface area contributed by atoms with Gasteiger partial charge >= 0.3 is 5.97 Å². The number of aromatic amines is 1. The largest absolute Gasteiger partial charge is 0.478 e. The molecule has 0 aliphatic carbocycles. The molecule has 0 aliphatic rings. The first-order valence-electron chi connectivity index (χ1n) is 7.77. The summed E-state index contributed by atoms with van der Waals surface area (Å²) in [5.74, 6) is -0.512. The quantitative estimate of drug-likeness (QED) is 0.612. The fourth-order valence-electron chi connectivity index (χ4n) is 2.55. The van der Waals surface area contributed by atoms with Crippen molar-refractivity contribution in [2.45, 2.75) is 13.0 Å². The first-order valence-corrected chi connectivity index (χ1v) is 7.77. The summed E-state index contributed by atoms with van der Waals surface area (Å²) in [7, 11) is 1.59. The second kappa shape index (κ2) is 7.23. The van der Waals surface area contributed by atoms with Crippen LogP contribution >= 0.6 is 0 Å². The van der Waals surface area contributed by atoms with Gasteiger partial charge in [0.25, 0.3) is 5.91 Å². The molecule has 0 aliphatic heterocycles. The summed E-state index contributed by atoms with van der Waals surface area (Å²) < 4.78 is 10.6. The van der Waals surface area contributed by atoms with Gasteiger partial charge in [-0.25, -0.2) is 4.79 Å². The number of carbonyl (C=O) groups is 2. The molecule has 2 aromatic heterocycles. The molecular weight excluding hydrogens is 324 g/mol. The molecule has 0 spiro atoms. The Kier molecular flexibility index (Phi) is 4.85. The van der Waals surface area contributed by atoms with E-state index in [1.807, 2.05) is 6.07 Å². The zero-order valence-corrected chi connectivity index (χ0v) is 13.7. The Hall–Kier alpha value is -3.06. The molecule has 2 heterocycles. The van der Waals surface area contributed by atoms with Crippen LogP contribution in [0.3, 0.4) is 0 Å². The second-order valence-electron chi connectivity index (χ2n) is 5.61. The number of H-pyrrole nitrogens is 1. The van der Waals surface area contributed by atoms with E-state index in [9.17, 15) is 9.59 Å². The van der Waals surface area contributed by atoms with Gasteiger partial charge in [0.05, 0.1) is 12.2 Å². The van der Waals surface area contributed by atoms with Gasteiger partial charge in [-0.05, 0) is 30.3 Å². The van der Waals surface area contributed by atoms with Crippen molar-refractivity contribution in [1.29, 1.82) is 0 Å². The molecule has 0 bridgehead atoms. The maximum atomic E-state index is 12.1. The lowest BCUT2D eigenvalue weighted by Crippen LogP contribution is -2.25. The van der Waals surface area contributed by atoms with E-state index in [2.05, 4.69) is 10.3 Å². The number of amides is 1. The topological polar surface area (TPSA) is 105 Å². The molecule has 7 heteroatoms. The third-order valence-electron chi connectivity index (χ3n) is 3.77. The average Bonchev–Trinajstić information content (AvgIpc) is 3.20. The van der Waals surface area contributed by atoms with Crippen molar-refractivity contribution in [2.24, 2.45) is 0 Å². The minimum Gasteiger partial charge on any atom is -0.478 e.